The molecule has 0 amide bonds. The summed E-state index contributed by atoms with van der Waals surface area (Å²) in [5, 5.41) is 14.1. The first kappa shape index (κ1) is 40.0. The van der Waals surface area contributed by atoms with Crippen LogP contribution in [0.15, 0.2) is 204 Å². The number of hydrogen-bond donors (Lipinski definition) is 0. The number of aromatic nitrogens is 4. The molecule has 1 aliphatic carbocycles. The SMILES string of the molecule is [C-]#[N+]c1ccc2c(c1)Sc1ccccc1N2c1cccc2c1C1(c3ccc(-n4c5ccccc5c5cc([N+]#[C-])ccc54)cc3O2)c2cccnc2-c2ncc(-n3c4ccccc4c4cc(C#N)ccc43)cc21. The molecule has 1 atom stereocenters. The van der Waals surface area contributed by atoms with Crippen LogP contribution in [0.25, 0.3) is 76.1 Å². The topological polar surface area (TPSA) is 80.6 Å². The minimum absolute atomic E-state index is 0.576. The average molecular weight is 937 g/mol. The van der Waals surface area contributed by atoms with Gasteiger partial charge in [-0.2, -0.15) is 5.26 Å². The Labute approximate surface area is 416 Å². The third-order valence-corrected chi connectivity index (χ3v) is 15.8. The van der Waals surface area contributed by atoms with Crippen LogP contribution in [0.4, 0.5) is 28.4 Å². The number of benzene rings is 8. The zero-order valence-electron chi connectivity index (χ0n) is 37.9. The fourth-order valence-corrected chi connectivity index (χ4v) is 12.9. The molecule has 3 aliphatic rings. The van der Waals surface area contributed by atoms with Gasteiger partial charge in [-0.25, -0.2) is 9.69 Å². The van der Waals surface area contributed by atoms with Gasteiger partial charge in [0.1, 0.15) is 11.5 Å². The van der Waals surface area contributed by atoms with Crippen LogP contribution < -0.4 is 9.64 Å². The molecule has 2 aliphatic heterocycles. The van der Waals surface area contributed by atoms with Gasteiger partial charge in [0.25, 0.3) is 0 Å². The largest absolute Gasteiger partial charge is 0.457 e. The average Bonchev–Trinajstić information content (AvgIpc) is 4.05. The summed E-state index contributed by atoms with van der Waals surface area (Å²) in [6.07, 6.45) is 3.79. The third-order valence-electron chi connectivity index (χ3n) is 14.7. The lowest BCUT2D eigenvalue weighted by atomic mass is 9.65. The van der Waals surface area contributed by atoms with Crippen molar-refractivity contribution in [3.8, 4) is 40.3 Å². The highest BCUT2D eigenvalue weighted by molar-refractivity contribution is 7.99. The van der Waals surface area contributed by atoms with E-state index in [1.807, 2.05) is 85.2 Å². The molecule has 15 rings (SSSR count). The van der Waals surface area contributed by atoms with Crippen LogP contribution in [0.1, 0.15) is 27.8 Å². The van der Waals surface area contributed by atoms with Crippen LogP contribution >= 0.6 is 11.8 Å². The van der Waals surface area contributed by atoms with E-state index in [0.717, 1.165) is 115 Å². The number of nitrogens with zero attached hydrogens (tertiary/aromatic N) is 8. The first-order chi connectivity index (χ1) is 35.5. The van der Waals surface area contributed by atoms with Gasteiger partial charge in [-0.1, -0.05) is 90.6 Å². The second kappa shape index (κ2) is 14.8. The van der Waals surface area contributed by atoms with E-state index in [4.69, 9.17) is 27.8 Å². The Morgan fingerprint density at radius 1 is 0.514 bits per heavy atom. The Hall–Kier alpha value is -9.92. The lowest BCUT2D eigenvalue weighted by Gasteiger charge is -2.43. The van der Waals surface area contributed by atoms with E-state index in [-0.39, 0.29) is 0 Å². The summed E-state index contributed by atoms with van der Waals surface area (Å²) in [5.74, 6) is 1.37. The normalized spacial score (nSPS) is 14.7. The van der Waals surface area contributed by atoms with E-state index in [1.54, 1.807) is 11.8 Å². The van der Waals surface area contributed by atoms with E-state index >= 15 is 0 Å². The van der Waals surface area contributed by atoms with Gasteiger partial charge in [-0.15, -0.1) is 0 Å². The molecule has 10 heteroatoms. The fourth-order valence-electron chi connectivity index (χ4n) is 11.8. The van der Waals surface area contributed by atoms with Crippen molar-refractivity contribution in [2.75, 3.05) is 4.90 Å². The molecule has 332 valence electrons. The van der Waals surface area contributed by atoms with Crippen molar-refractivity contribution in [1.82, 2.24) is 19.1 Å². The summed E-state index contributed by atoms with van der Waals surface area (Å²) in [7, 11) is 0. The molecule has 0 saturated heterocycles. The van der Waals surface area contributed by atoms with Gasteiger partial charge in [0, 0.05) is 60.6 Å². The highest BCUT2D eigenvalue weighted by atomic mass is 32.2. The lowest BCUT2D eigenvalue weighted by molar-refractivity contribution is 0.436. The van der Waals surface area contributed by atoms with Crippen molar-refractivity contribution in [1.29, 1.82) is 5.26 Å². The second-order valence-corrected chi connectivity index (χ2v) is 19.3. The molecule has 0 fully saturated rings. The van der Waals surface area contributed by atoms with Crippen molar-refractivity contribution in [3.63, 3.8) is 0 Å². The van der Waals surface area contributed by atoms with Gasteiger partial charge in [-0.3, -0.25) is 9.97 Å². The Bertz CT molecular complexity index is 4550. The van der Waals surface area contributed by atoms with E-state index < -0.39 is 5.41 Å². The maximum absolute atomic E-state index is 10.0. The van der Waals surface area contributed by atoms with Gasteiger partial charge in [-0.05, 0) is 108 Å². The Kier molecular flexibility index (Phi) is 8.22. The first-order valence-corrected chi connectivity index (χ1v) is 24.2. The summed E-state index contributed by atoms with van der Waals surface area (Å²) in [5.41, 5.74) is 14.7. The summed E-state index contributed by atoms with van der Waals surface area (Å²) < 4.78 is 11.9. The predicted molar refractivity (Wildman–Crippen MR) is 284 cm³/mol. The predicted octanol–water partition coefficient (Wildman–Crippen LogP) is 16.0. The number of anilines is 3. The van der Waals surface area contributed by atoms with Gasteiger partial charge < -0.3 is 18.8 Å². The second-order valence-electron chi connectivity index (χ2n) is 18.2. The zero-order chi connectivity index (χ0) is 47.8. The highest BCUT2D eigenvalue weighted by Gasteiger charge is 2.55. The van der Waals surface area contributed by atoms with Crippen LogP contribution in [0.5, 0.6) is 11.5 Å². The summed E-state index contributed by atoms with van der Waals surface area (Å²) in [4.78, 5) is 22.6. The minimum atomic E-state index is -1.05. The molecule has 4 aromatic heterocycles. The third kappa shape index (κ3) is 5.29. The minimum Gasteiger partial charge on any atom is -0.457 e. The standard InChI is InChI=1S/C62H32N8OS/c1-64-37-21-26-51-44(30-37)42-12-4-5-14-48(42)68(51)39-23-24-45-56(33-39)71-55-18-9-17-54(70-52-16-7-8-19-57(52)72-58-31-38(65-2)22-27-53(58)70)59(55)62(45)46-13-10-28-66-60(46)61-47(62)32-40(35-67-61)69-49-15-6-3-11-41(49)43-29-36(34-63)20-25-50(43)69/h3-33,35H. The van der Waals surface area contributed by atoms with E-state index in [2.05, 4.69) is 139 Å². The molecule has 1 spiro atoms. The number of pyridine rings is 2. The number of nitriles is 1. The smallest absolute Gasteiger partial charge is 0.188 e. The highest BCUT2D eigenvalue weighted by Crippen LogP contribution is 2.65. The molecular formula is C62H32N8OS. The van der Waals surface area contributed by atoms with Crippen LogP contribution in [-0.4, -0.2) is 19.1 Å². The van der Waals surface area contributed by atoms with Crippen molar-refractivity contribution >= 4 is 83.8 Å². The summed E-state index contributed by atoms with van der Waals surface area (Å²) >= 11 is 1.67. The van der Waals surface area contributed by atoms with Gasteiger partial charge in [0.2, 0.25) is 0 Å². The monoisotopic (exact) mass is 936 g/mol. The quantitative estimate of drug-likeness (QED) is 0.164. The van der Waals surface area contributed by atoms with Crippen LogP contribution in [0, 0.1) is 24.5 Å². The molecule has 0 radical (unpaired) electrons. The van der Waals surface area contributed by atoms with Crippen molar-refractivity contribution < 1.29 is 4.74 Å². The summed E-state index contributed by atoms with van der Waals surface area (Å²) in [6.45, 7) is 15.8. The number of hydrogen-bond acceptors (Lipinski definition) is 6. The van der Waals surface area contributed by atoms with Crippen molar-refractivity contribution in [2.45, 2.75) is 15.2 Å². The molecule has 12 aromatic rings. The molecule has 8 aromatic carbocycles. The van der Waals surface area contributed by atoms with Crippen LogP contribution in [-0.2, 0) is 5.41 Å². The van der Waals surface area contributed by atoms with E-state index in [9.17, 15) is 5.26 Å². The fraction of sp³-hybridized carbons (Fsp3) is 0.0161. The van der Waals surface area contributed by atoms with Crippen molar-refractivity contribution in [3.05, 3.63) is 245 Å². The lowest BCUT2D eigenvalue weighted by Crippen LogP contribution is -2.34. The van der Waals surface area contributed by atoms with Gasteiger partial charge >= 0.3 is 0 Å². The molecule has 9 nitrogen and oxygen atoms in total. The van der Waals surface area contributed by atoms with Gasteiger partial charge in [0.05, 0.1) is 92.6 Å². The maximum atomic E-state index is 10.0. The molecule has 72 heavy (non-hydrogen) atoms. The number of fused-ring (bicyclic) bond motifs is 17. The molecule has 0 saturated carbocycles. The van der Waals surface area contributed by atoms with Gasteiger partial charge in [0.15, 0.2) is 11.4 Å². The Morgan fingerprint density at radius 2 is 1.19 bits per heavy atom. The zero-order valence-corrected chi connectivity index (χ0v) is 38.7. The number of ether oxygens (including phenoxy) is 1. The van der Waals surface area contributed by atoms with E-state index in [0.29, 0.717) is 28.4 Å². The number of rotatable bonds is 3. The molecule has 0 N–H and O–H groups in total. The Balaban J connectivity index is 1.06. The molecule has 0 bridgehead atoms. The molecular weight excluding hydrogens is 905 g/mol. The first-order valence-electron chi connectivity index (χ1n) is 23.4. The summed E-state index contributed by atoms with van der Waals surface area (Å²) in [6, 6.07) is 64.5. The van der Waals surface area contributed by atoms with Crippen LogP contribution in [0.3, 0.4) is 0 Å². The Morgan fingerprint density at radius 3 is 2.01 bits per heavy atom. The molecule has 6 heterocycles. The molecule has 1 unspecified atom stereocenters. The number of para-hydroxylation sites is 3. The maximum Gasteiger partial charge on any atom is 0.188 e. The van der Waals surface area contributed by atoms with E-state index in [1.165, 1.54) is 0 Å². The van der Waals surface area contributed by atoms with Crippen molar-refractivity contribution in [2.24, 2.45) is 0 Å². The van der Waals surface area contributed by atoms with Crippen LogP contribution in [0.2, 0.25) is 0 Å².